The van der Waals surface area contributed by atoms with E-state index in [1.165, 1.54) is 0 Å². The van der Waals surface area contributed by atoms with Crippen LogP contribution in [0.3, 0.4) is 0 Å². The van der Waals surface area contributed by atoms with Crippen LogP contribution in [-0.4, -0.2) is 4.92 Å². The van der Waals surface area contributed by atoms with Crippen LogP contribution in [0.15, 0.2) is 18.2 Å². The summed E-state index contributed by atoms with van der Waals surface area (Å²) in [4.78, 5) is 10.4. The standard InChI is InChI=1S/C11H14NO2/c1-3-6-9-7-5-8-11(12(13)14)10(9)4-2/h5,7-8H,1,3-4,6H2,2H3. The zero-order chi connectivity index (χ0) is 10.6. The Bertz CT molecular complexity index is 334. The molecule has 1 aromatic carbocycles. The molecule has 3 heteroatoms. The third-order valence-corrected chi connectivity index (χ3v) is 2.24. The summed E-state index contributed by atoms with van der Waals surface area (Å²) in [6, 6.07) is 5.24. The van der Waals surface area contributed by atoms with Crippen molar-refractivity contribution in [2.24, 2.45) is 0 Å². The van der Waals surface area contributed by atoms with Crippen LogP contribution in [0.25, 0.3) is 0 Å². The topological polar surface area (TPSA) is 43.1 Å². The van der Waals surface area contributed by atoms with Crippen molar-refractivity contribution < 1.29 is 4.92 Å². The van der Waals surface area contributed by atoms with Gasteiger partial charge in [-0.1, -0.05) is 26.0 Å². The van der Waals surface area contributed by atoms with Crippen molar-refractivity contribution in [3.63, 3.8) is 0 Å². The lowest BCUT2D eigenvalue weighted by atomic mass is 9.99. The SMILES string of the molecule is [CH2]CCc1cccc([N+](=O)[O-])c1CC. The van der Waals surface area contributed by atoms with E-state index in [1.54, 1.807) is 12.1 Å². The zero-order valence-corrected chi connectivity index (χ0v) is 8.32. The van der Waals surface area contributed by atoms with E-state index in [0.717, 1.165) is 24.0 Å². The van der Waals surface area contributed by atoms with Gasteiger partial charge in [-0.3, -0.25) is 10.1 Å². The Kier molecular flexibility index (Phi) is 3.63. The molecule has 0 N–H and O–H groups in total. The molecule has 14 heavy (non-hydrogen) atoms. The fourth-order valence-corrected chi connectivity index (χ4v) is 1.63. The minimum absolute atomic E-state index is 0.235. The monoisotopic (exact) mass is 192 g/mol. The summed E-state index contributed by atoms with van der Waals surface area (Å²) in [5, 5.41) is 10.7. The first-order valence-corrected chi connectivity index (χ1v) is 4.75. The number of nitrogens with zero attached hydrogens (tertiary/aromatic N) is 1. The number of aryl methyl sites for hydroxylation is 1. The van der Waals surface area contributed by atoms with Gasteiger partial charge in [0, 0.05) is 11.6 Å². The van der Waals surface area contributed by atoms with Gasteiger partial charge in [0.25, 0.3) is 5.69 Å². The largest absolute Gasteiger partial charge is 0.272 e. The molecule has 0 fully saturated rings. The minimum Gasteiger partial charge on any atom is -0.258 e. The number of nitro groups is 1. The molecule has 75 valence electrons. The van der Waals surface area contributed by atoms with Crippen LogP contribution in [0, 0.1) is 17.0 Å². The number of nitro benzene ring substituents is 1. The normalized spacial score (nSPS) is 10.1. The third-order valence-electron chi connectivity index (χ3n) is 2.24. The molecule has 0 heterocycles. The van der Waals surface area contributed by atoms with Crippen molar-refractivity contribution in [1.82, 2.24) is 0 Å². The molecule has 0 bridgehead atoms. The van der Waals surface area contributed by atoms with Crippen molar-refractivity contribution in [3.05, 3.63) is 46.4 Å². The summed E-state index contributed by atoms with van der Waals surface area (Å²) < 4.78 is 0. The zero-order valence-electron chi connectivity index (χ0n) is 8.32. The fourth-order valence-electron chi connectivity index (χ4n) is 1.63. The van der Waals surface area contributed by atoms with Gasteiger partial charge in [-0.05, 0) is 24.8 Å². The van der Waals surface area contributed by atoms with Crippen molar-refractivity contribution in [2.75, 3.05) is 0 Å². The molecule has 0 aliphatic rings. The number of benzene rings is 1. The summed E-state index contributed by atoms with van der Waals surface area (Å²) in [6.45, 7) is 5.70. The van der Waals surface area contributed by atoms with Gasteiger partial charge >= 0.3 is 0 Å². The Hall–Kier alpha value is -1.38. The third kappa shape index (κ3) is 2.10. The van der Waals surface area contributed by atoms with E-state index in [0.29, 0.717) is 6.42 Å². The predicted octanol–water partition coefficient (Wildman–Crippen LogP) is 2.92. The van der Waals surface area contributed by atoms with Crippen LogP contribution in [0.4, 0.5) is 5.69 Å². The second kappa shape index (κ2) is 4.74. The molecule has 0 spiro atoms. The average molecular weight is 192 g/mol. The lowest BCUT2D eigenvalue weighted by Crippen LogP contribution is -1.99. The molecule has 0 amide bonds. The summed E-state index contributed by atoms with van der Waals surface area (Å²) in [5.41, 5.74) is 2.14. The molecular formula is C11H14NO2. The Morgan fingerprint density at radius 2 is 2.21 bits per heavy atom. The molecule has 0 aliphatic heterocycles. The van der Waals surface area contributed by atoms with E-state index in [1.807, 2.05) is 13.0 Å². The Morgan fingerprint density at radius 1 is 1.50 bits per heavy atom. The minimum atomic E-state index is -0.314. The highest BCUT2D eigenvalue weighted by molar-refractivity contribution is 5.45. The van der Waals surface area contributed by atoms with Crippen molar-refractivity contribution >= 4 is 5.69 Å². The molecular weight excluding hydrogens is 178 g/mol. The van der Waals surface area contributed by atoms with Gasteiger partial charge in [-0.2, -0.15) is 0 Å². The van der Waals surface area contributed by atoms with Crippen molar-refractivity contribution in [1.29, 1.82) is 0 Å². The van der Waals surface area contributed by atoms with E-state index >= 15 is 0 Å². The molecule has 1 radical (unpaired) electrons. The summed E-state index contributed by atoms with van der Waals surface area (Å²) >= 11 is 0. The quantitative estimate of drug-likeness (QED) is 0.543. The maximum absolute atomic E-state index is 10.7. The first-order valence-electron chi connectivity index (χ1n) is 4.75. The lowest BCUT2D eigenvalue weighted by molar-refractivity contribution is -0.385. The molecule has 0 atom stereocenters. The van der Waals surface area contributed by atoms with Gasteiger partial charge in [0.05, 0.1) is 4.92 Å². The molecule has 0 aliphatic carbocycles. The smallest absolute Gasteiger partial charge is 0.258 e. The summed E-state index contributed by atoms with van der Waals surface area (Å²) in [7, 11) is 0. The number of rotatable bonds is 4. The van der Waals surface area contributed by atoms with Gasteiger partial charge < -0.3 is 0 Å². The molecule has 1 aromatic rings. The van der Waals surface area contributed by atoms with E-state index in [2.05, 4.69) is 6.92 Å². The molecule has 0 unspecified atom stereocenters. The Labute approximate surface area is 83.9 Å². The highest BCUT2D eigenvalue weighted by Gasteiger charge is 2.14. The number of hydrogen-bond donors (Lipinski definition) is 0. The maximum Gasteiger partial charge on any atom is 0.272 e. The van der Waals surface area contributed by atoms with Crippen LogP contribution in [0.5, 0.6) is 0 Å². The first kappa shape index (κ1) is 10.7. The molecule has 0 saturated heterocycles. The maximum atomic E-state index is 10.7. The Morgan fingerprint density at radius 3 is 2.71 bits per heavy atom. The Balaban J connectivity index is 3.17. The van der Waals surface area contributed by atoms with Crippen LogP contribution < -0.4 is 0 Å². The average Bonchev–Trinajstić information content (AvgIpc) is 2.18. The molecule has 3 nitrogen and oxygen atoms in total. The van der Waals surface area contributed by atoms with Gasteiger partial charge in [0.15, 0.2) is 0 Å². The van der Waals surface area contributed by atoms with E-state index < -0.39 is 0 Å². The molecule has 0 saturated carbocycles. The van der Waals surface area contributed by atoms with Gasteiger partial charge in [0.1, 0.15) is 0 Å². The first-order chi connectivity index (χ1) is 6.70. The molecule has 1 rings (SSSR count). The van der Waals surface area contributed by atoms with Crippen LogP contribution in [-0.2, 0) is 12.8 Å². The predicted molar refractivity (Wildman–Crippen MR) is 56.2 cm³/mol. The van der Waals surface area contributed by atoms with E-state index in [9.17, 15) is 10.1 Å². The van der Waals surface area contributed by atoms with Crippen molar-refractivity contribution in [2.45, 2.75) is 26.2 Å². The summed E-state index contributed by atoms with van der Waals surface area (Å²) in [6.07, 6.45) is 2.28. The van der Waals surface area contributed by atoms with E-state index in [-0.39, 0.29) is 10.6 Å². The fraction of sp³-hybridized carbons (Fsp3) is 0.364. The van der Waals surface area contributed by atoms with Crippen molar-refractivity contribution in [3.8, 4) is 0 Å². The van der Waals surface area contributed by atoms with Crippen LogP contribution >= 0.6 is 0 Å². The number of hydrogen-bond acceptors (Lipinski definition) is 2. The van der Waals surface area contributed by atoms with E-state index in [4.69, 9.17) is 0 Å². The highest BCUT2D eigenvalue weighted by atomic mass is 16.6. The molecule has 0 aromatic heterocycles. The highest BCUT2D eigenvalue weighted by Crippen LogP contribution is 2.23. The van der Waals surface area contributed by atoms with Gasteiger partial charge in [-0.25, -0.2) is 0 Å². The summed E-state index contributed by atoms with van der Waals surface area (Å²) in [5.74, 6) is 0. The van der Waals surface area contributed by atoms with Crippen LogP contribution in [0.2, 0.25) is 0 Å². The van der Waals surface area contributed by atoms with Gasteiger partial charge in [0.2, 0.25) is 0 Å². The van der Waals surface area contributed by atoms with Gasteiger partial charge in [-0.15, -0.1) is 0 Å². The second-order valence-corrected chi connectivity index (χ2v) is 3.13. The van der Waals surface area contributed by atoms with Crippen LogP contribution in [0.1, 0.15) is 24.5 Å². The second-order valence-electron chi connectivity index (χ2n) is 3.13. The lowest BCUT2D eigenvalue weighted by Gasteiger charge is -2.06.